The molecular formula is C11H13Br2NO3. The molecule has 0 fully saturated rings. The van der Waals surface area contributed by atoms with E-state index in [1.165, 1.54) is 4.57 Å². The summed E-state index contributed by atoms with van der Waals surface area (Å²) in [6, 6.07) is 1.63. The van der Waals surface area contributed by atoms with Gasteiger partial charge >= 0.3 is 5.97 Å². The van der Waals surface area contributed by atoms with Crippen LogP contribution in [-0.2, 0) is 16.1 Å². The van der Waals surface area contributed by atoms with Gasteiger partial charge in [-0.1, -0.05) is 0 Å². The van der Waals surface area contributed by atoms with Gasteiger partial charge in [0.05, 0.1) is 4.47 Å². The van der Waals surface area contributed by atoms with Crippen LogP contribution in [0.1, 0.15) is 20.8 Å². The Morgan fingerprint density at radius 1 is 1.41 bits per heavy atom. The smallest absolute Gasteiger partial charge is 0.326 e. The topological polar surface area (TPSA) is 48.3 Å². The molecule has 0 aliphatic heterocycles. The quantitative estimate of drug-likeness (QED) is 0.756. The molecule has 0 radical (unpaired) electrons. The Balaban J connectivity index is 2.89. The molecule has 1 aromatic heterocycles. The highest BCUT2D eigenvalue weighted by Gasteiger charge is 2.17. The van der Waals surface area contributed by atoms with E-state index in [1.807, 2.05) is 0 Å². The highest BCUT2D eigenvalue weighted by molar-refractivity contribution is 9.11. The Hall–Kier alpha value is -0.620. The van der Waals surface area contributed by atoms with Crippen LogP contribution in [-0.4, -0.2) is 16.1 Å². The molecule has 17 heavy (non-hydrogen) atoms. The first-order chi connectivity index (χ1) is 7.69. The first kappa shape index (κ1) is 14.4. The van der Waals surface area contributed by atoms with E-state index in [-0.39, 0.29) is 12.1 Å². The minimum atomic E-state index is -0.552. The molecule has 0 amide bonds. The number of hydrogen-bond donors (Lipinski definition) is 0. The van der Waals surface area contributed by atoms with E-state index >= 15 is 0 Å². The van der Waals surface area contributed by atoms with Crippen LogP contribution in [0.25, 0.3) is 0 Å². The molecule has 0 unspecified atom stereocenters. The molecule has 1 rings (SSSR count). The Kier molecular flexibility index (Phi) is 4.55. The second-order valence-electron chi connectivity index (χ2n) is 4.53. The largest absolute Gasteiger partial charge is 0.459 e. The summed E-state index contributed by atoms with van der Waals surface area (Å²) in [5.41, 5.74) is -0.816. The summed E-state index contributed by atoms with van der Waals surface area (Å²) >= 11 is 6.39. The second kappa shape index (κ2) is 5.35. The third kappa shape index (κ3) is 4.63. The van der Waals surface area contributed by atoms with E-state index in [1.54, 1.807) is 33.0 Å². The minimum absolute atomic E-state index is 0.103. The summed E-state index contributed by atoms with van der Waals surface area (Å²) in [6.45, 7) is 5.24. The first-order valence-electron chi connectivity index (χ1n) is 4.96. The predicted octanol–water partition coefficient (Wildman–Crippen LogP) is 2.72. The van der Waals surface area contributed by atoms with Crippen LogP contribution in [0.4, 0.5) is 0 Å². The molecule has 94 valence electrons. The van der Waals surface area contributed by atoms with Crippen molar-refractivity contribution in [3.8, 4) is 0 Å². The minimum Gasteiger partial charge on any atom is -0.459 e. The number of halogens is 2. The second-order valence-corrected chi connectivity index (χ2v) is 6.30. The highest BCUT2D eigenvalue weighted by atomic mass is 79.9. The van der Waals surface area contributed by atoms with Crippen LogP contribution in [0.2, 0.25) is 0 Å². The van der Waals surface area contributed by atoms with E-state index < -0.39 is 11.6 Å². The number of carbonyl (C=O) groups excluding carboxylic acids is 1. The zero-order valence-corrected chi connectivity index (χ0v) is 13.0. The van der Waals surface area contributed by atoms with Crippen molar-refractivity contribution in [2.75, 3.05) is 0 Å². The summed E-state index contributed by atoms with van der Waals surface area (Å²) < 4.78 is 7.55. The fraction of sp³-hybridized carbons (Fsp3) is 0.455. The Morgan fingerprint density at radius 3 is 2.53 bits per heavy atom. The lowest BCUT2D eigenvalue weighted by molar-refractivity contribution is -0.155. The monoisotopic (exact) mass is 365 g/mol. The molecule has 0 saturated heterocycles. The van der Waals surface area contributed by atoms with Crippen molar-refractivity contribution < 1.29 is 9.53 Å². The average Bonchev–Trinajstić information content (AvgIpc) is 2.10. The molecule has 0 aliphatic rings. The molecule has 0 aromatic carbocycles. The van der Waals surface area contributed by atoms with Crippen LogP contribution in [0.5, 0.6) is 0 Å². The molecule has 0 spiro atoms. The highest BCUT2D eigenvalue weighted by Crippen LogP contribution is 2.13. The summed E-state index contributed by atoms with van der Waals surface area (Å²) in [7, 11) is 0. The number of hydrogen-bond acceptors (Lipinski definition) is 3. The molecule has 0 N–H and O–H groups in total. The summed E-state index contributed by atoms with van der Waals surface area (Å²) in [4.78, 5) is 23.3. The van der Waals surface area contributed by atoms with Crippen molar-refractivity contribution in [1.82, 2.24) is 4.57 Å². The standard InChI is InChI=1S/C11H13Br2NO3/c1-11(2,3)17-9(15)6-14-5-7(12)4-8(13)10(14)16/h4-5H,6H2,1-3H3. The number of nitrogens with zero attached hydrogens (tertiary/aromatic N) is 1. The third-order valence-electron chi connectivity index (χ3n) is 1.73. The van der Waals surface area contributed by atoms with Crippen molar-refractivity contribution in [1.29, 1.82) is 0 Å². The number of rotatable bonds is 2. The summed E-state index contributed by atoms with van der Waals surface area (Å²) in [6.07, 6.45) is 1.55. The number of pyridine rings is 1. The van der Waals surface area contributed by atoms with Gasteiger partial charge in [-0.2, -0.15) is 0 Å². The van der Waals surface area contributed by atoms with Gasteiger partial charge < -0.3 is 9.30 Å². The molecule has 1 aromatic rings. The van der Waals surface area contributed by atoms with Gasteiger partial charge in [-0.15, -0.1) is 0 Å². The van der Waals surface area contributed by atoms with Crippen LogP contribution in [0.3, 0.4) is 0 Å². The third-order valence-corrected chi connectivity index (χ3v) is 2.73. The van der Waals surface area contributed by atoms with Gasteiger partial charge in [-0.25, -0.2) is 0 Å². The summed E-state index contributed by atoms with van der Waals surface area (Å²) in [5, 5.41) is 0. The van der Waals surface area contributed by atoms with Crippen molar-refractivity contribution in [2.45, 2.75) is 32.9 Å². The first-order valence-corrected chi connectivity index (χ1v) is 6.55. The average molecular weight is 367 g/mol. The van der Waals surface area contributed by atoms with Gasteiger partial charge in [0.1, 0.15) is 12.1 Å². The molecule has 1 heterocycles. The van der Waals surface area contributed by atoms with Crippen molar-refractivity contribution in [3.63, 3.8) is 0 Å². The van der Waals surface area contributed by atoms with E-state index in [0.717, 1.165) is 0 Å². The Bertz CT molecular complexity index is 488. The molecular weight excluding hydrogens is 354 g/mol. The lowest BCUT2D eigenvalue weighted by Crippen LogP contribution is -2.30. The lowest BCUT2D eigenvalue weighted by Gasteiger charge is -2.19. The molecule has 0 atom stereocenters. The van der Waals surface area contributed by atoms with Crippen LogP contribution >= 0.6 is 31.9 Å². The van der Waals surface area contributed by atoms with Crippen LogP contribution < -0.4 is 5.56 Å². The fourth-order valence-electron chi connectivity index (χ4n) is 1.20. The molecule has 0 aliphatic carbocycles. The van der Waals surface area contributed by atoms with Gasteiger partial charge in [0.15, 0.2) is 0 Å². The van der Waals surface area contributed by atoms with E-state index in [0.29, 0.717) is 8.95 Å². The zero-order valence-electron chi connectivity index (χ0n) is 9.79. The van der Waals surface area contributed by atoms with Crippen molar-refractivity contribution >= 4 is 37.8 Å². The summed E-state index contributed by atoms with van der Waals surface area (Å²) in [5.74, 6) is -0.440. The van der Waals surface area contributed by atoms with Crippen molar-refractivity contribution in [2.24, 2.45) is 0 Å². The number of carbonyl (C=O) groups is 1. The predicted molar refractivity (Wildman–Crippen MR) is 71.9 cm³/mol. The van der Waals surface area contributed by atoms with E-state index in [4.69, 9.17) is 4.74 Å². The maximum atomic E-state index is 11.7. The maximum absolute atomic E-state index is 11.7. The van der Waals surface area contributed by atoms with E-state index in [9.17, 15) is 9.59 Å². The Labute approximate surface area is 116 Å². The zero-order chi connectivity index (χ0) is 13.2. The van der Waals surface area contributed by atoms with Crippen LogP contribution in [0.15, 0.2) is 26.0 Å². The van der Waals surface area contributed by atoms with Gasteiger partial charge in [0.2, 0.25) is 0 Å². The lowest BCUT2D eigenvalue weighted by atomic mass is 10.2. The molecule has 4 nitrogen and oxygen atoms in total. The molecule has 6 heteroatoms. The van der Waals surface area contributed by atoms with E-state index in [2.05, 4.69) is 31.9 Å². The van der Waals surface area contributed by atoms with Gasteiger partial charge in [-0.05, 0) is 58.7 Å². The fourth-order valence-corrected chi connectivity index (χ4v) is 2.45. The number of esters is 1. The normalized spacial score (nSPS) is 11.4. The van der Waals surface area contributed by atoms with Gasteiger partial charge in [0, 0.05) is 10.7 Å². The SMILES string of the molecule is CC(C)(C)OC(=O)Cn1cc(Br)cc(Br)c1=O. The van der Waals surface area contributed by atoms with Gasteiger partial charge in [0.25, 0.3) is 5.56 Å². The van der Waals surface area contributed by atoms with Crippen molar-refractivity contribution in [3.05, 3.63) is 31.6 Å². The van der Waals surface area contributed by atoms with Gasteiger partial charge in [-0.3, -0.25) is 9.59 Å². The Morgan fingerprint density at radius 2 is 2.00 bits per heavy atom. The molecule has 0 bridgehead atoms. The number of aromatic nitrogens is 1. The van der Waals surface area contributed by atoms with Crippen LogP contribution in [0, 0.1) is 0 Å². The number of ether oxygens (including phenoxy) is 1. The molecule has 0 saturated carbocycles. The maximum Gasteiger partial charge on any atom is 0.326 e.